The maximum absolute atomic E-state index is 4.04. The SMILES string of the molecule is Cc1ccc(C=Cc2ccc(-c3cccc(C4(c5cccc(-c6ccc(C=Cc7ccc(C)cc7)cc6)c5Nc5ccc(C)cc5)CCCCC4)c3Nc3ccc(C)cc3)cc2)cc1. The average Bonchev–Trinajstić information content (AvgIpc) is 3.33. The number of hydrogen-bond acceptors (Lipinski definition) is 2. The molecule has 1 aliphatic carbocycles. The van der Waals surface area contributed by atoms with Crippen LogP contribution in [0.25, 0.3) is 46.6 Å². The van der Waals surface area contributed by atoms with Crippen molar-refractivity contribution >= 4 is 47.1 Å². The van der Waals surface area contributed by atoms with Gasteiger partial charge in [-0.1, -0.05) is 224 Å². The summed E-state index contributed by atoms with van der Waals surface area (Å²) in [4.78, 5) is 0. The average molecular weight is 831 g/mol. The number of anilines is 4. The van der Waals surface area contributed by atoms with Gasteiger partial charge in [-0.15, -0.1) is 0 Å². The Morgan fingerprint density at radius 1 is 0.344 bits per heavy atom. The van der Waals surface area contributed by atoms with E-state index >= 15 is 0 Å². The third-order valence-corrected chi connectivity index (χ3v) is 13.0. The van der Waals surface area contributed by atoms with Crippen molar-refractivity contribution in [2.45, 2.75) is 65.2 Å². The van der Waals surface area contributed by atoms with Gasteiger partial charge in [0.25, 0.3) is 0 Å². The zero-order valence-electron chi connectivity index (χ0n) is 37.7. The van der Waals surface area contributed by atoms with E-state index in [2.05, 4.69) is 245 Å². The van der Waals surface area contributed by atoms with Gasteiger partial charge in [-0.25, -0.2) is 0 Å². The van der Waals surface area contributed by atoms with E-state index in [1.165, 1.54) is 95.7 Å². The fourth-order valence-electron chi connectivity index (χ4n) is 9.34. The van der Waals surface area contributed by atoms with Gasteiger partial charge in [0.2, 0.25) is 0 Å². The molecule has 0 saturated heterocycles. The van der Waals surface area contributed by atoms with Gasteiger partial charge in [0.05, 0.1) is 11.4 Å². The van der Waals surface area contributed by atoms with Crippen molar-refractivity contribution < 1.29 is 0 Å². The summed E-state index contributed by atoms with van der Waals surface area (Å²) in [5, 5.41) is 8.08. The van der Waals surface area contributed by atoms with E-state index in [0.29, 0.717) is 0 Å². The summed E-state index contributed by atoms with van der Waals surface area (Å²) in [6, 6.07) is 67.1. The Hall–Kier alpha value is -7.16. The Balaban J connectivity index is 1.17. The molecule has 0 heterocycles. The highest BCUT2D eigenvalue weighted by atomic mass is 14.9. The number of hydrogen-bond donors (Lipinski definition) is 2. The predicted molar refractivity (Wildman–Crippen MR) is 277 cm³/mol. The Morgan fingerprint density at radius 3 is 1.00 bits per heavy atom. The molecule has 0 unspecified atom stereocenters. The normalized spacial score (nSPS) is 13.6. The van der Waals surface area contributed by atoms with Gasteiger partial charge in [-0.2, -0.15) is 0 Å². The van der Waals surface area contributed by atoms with Crippen molar-refractivity contribution in [2.75, 3.05) is 10.6 Å². The first-order valence-electron chi connectivity index (χ1n) is 22.9. The third kappa shape index (κ3) is 9.58. The zero-order chi connectivity index (χ0) is 43.9. The van der Waals surface area contributed by atoms with Crippen molar-refractivity contribution in [1.82, 2.24) is 0 Å². The summed E-state index contributed by atoms with van der Waals surface area (Å²) in [7, 11) is 0. The zero-order valence-corrected chi connectivity index (χ0v) is 37.7. The van der Waals surface area contributed by atoms with Crippen LogP contribution in [-0.4, -0.2) is 0 Å². The third-order valence-electron chi connectivity index (χ3n) is 13.0. The first-order valence-corrected chi connectivity index (χ1v) is 22.9. The van der Waals surface area contributed by atoms with Crippen molar-refractivity contribution in [3.05, 3.63) is 238 Å². The molecule has 9 rings (SSSR count). The molecule has 2 heteroatoms. The summed E-state index contributed by atoms with van der Waals surface area (Å²) >= 11 is 0. The number of nitrogens with one attached hydrogen (secondary N) is 2. The topological polar surface area (TPSA) is 24.1 Å². The summed E-state index contributed by atoms with van der Waals surface area (Å²) in [5.74, 6) is 0. The standard InChI is InChI=1S/C62H58N2/c1-44-14-22-48(23-15-44)26-28-50-30-34-52(35-31-50)56-10-8-12-58(60(56)63-54-38-18-46(3)19-39-54)62(42-6-5-7-43-62)59-13-9-11-57(61(59)64-55-40-20-47(4)21-41-55)53-36-32-51(33-37-53)29-27-49-24-16-45(2)17-25-49/h8-41,63-64H,5-7,42-43H2,1-4H3. The van der Waals surface area contributed by atoms with Crippen molar-refractivity contribution in [1.29, 1.82) is 0 Å². The van der Waals surface area contributed by atoms with E-state index in [0.717, 1.165) is 37.1 Å². The maximum Gasteiger partial charge on any atom is 0.0505 e. The van der Waals surface area contributed by atoms with Crippen LogP contribution in [0.15, 0.2) is 182 Å². The summed E-state index contributed by atoms with van der Waals surface area (Å²) in [6.45, 7) is 8.56. The molecule has 2 N–H and O–H groups in total. The number of aryl methyl sites for hydroxylation is 4. The lowest BCUT2D eigenvalue weighted by Gasteiger charge is -2.42. The van der Waals surface area contributed by atoms with E-state index in [9.17, 15) is 0 Å². The second kappa shape index (κ2) is 19.1. The van der Waals surface area contributed by atoms with Gasteiger partial charge < -0.3 is 10.6 Å². The lowest BCUT2D eigenvalue weighted by molar-refractivity contribution is 0.348. The Labute approximate surface area is 381 Å². The maximum atomic E-state index is 4.04. The molecule has 1 aliphatic rings. The number of para-hydroxylation sites is 2. The van der Waals surface area contributed by atoms with Gasteiger partial charge in [0.15, 0.2) is 0 Å². The number of benzene rings is 8. The fraction of sp³-hybridized carbons (Fsp3) is 0.161. The van der Waals surface area contributed by atoms with Crippen LogP contribution < -0.4 is 10.6 Å². The van der Waals surface area contributed by atoms with Crippen LogP contribution >= 0.6 is 0 Å². The highest BCUT2D eigenvalue weighted by molar-refractivity contribution is 5.89. The van der Waals surface area contributed by atoms with E-state index in [4.69, 9.17) is 0 Å². The lowest BCUT2D eigenvalue weighted by Crippen LogP contribution is -2.32. The largest absolute Gasteiger partial charge is 0.355 e. The summed E-state index contributed by atoms with van der Waals surface area (Å²) in [5.41, 5.74) is 21.5. The van der Waals surface area contributed by atoms with Crippen LogP contribution in [0.1, 0.15) is 87.7 Å². The second-order valence-corrected chi connectivity index (χ2v) is 17.8. The first kappa shape index (κ1) is 42.2. The molecule has 0 bridgehead atoms. The first-order chi connectivity index (χ1) is 31.3. The van der Waals surface area contributed by atoms with Crippen molar-refractivity contribution in [3.8, 4) is 22.3 Å². The van der Waals surface area contributed by atoms with Crippen LogP contribution in [0.4, 0.5) is 22.7 Å². The van der Waals surface area contributed by atoms with Crippen LogP contribution in [0, 0.1) is 27.7 Å². The van der Waals surface area contributed by atoms with Gasteiger partial charge in [0, 0.05) is 27.9 Å². The van der Waals surface area contributed by atoms with Gasteiger partial charge in [-0.3, -0.25) is 0 Å². The molecule has 8 aromatic rings. The van der Waals surface area contributed by atoms with E-state index < -0.39 is 0 Å². The Bertz CT molecular complexity index is 2680. The van der Waals surface area contributed by atoms with Gasteiger partial charge in [0.1, 0.15) is 0 Å². The molecule has 316 valence electrons. The second-order valence-electron chi connectivity index (χ2n) is 17.8. The van der Waals surface area contributed by atoms with Crippen LogP contribution in [0.3, 0.4) is 0 Å². The molecule has 64 heavy (non-hydrogen) atoms. The molecular weight excluding hydrogens is 773 g/mol. The lowest BCUT2D eigenvalue weighted by atomic mass is 9.63. The quantitative estimate of drug-likeness (QED) is 0.120. The van der Waals surface area contributed by atoms with Crippen LogP contribution in [0.5, 0.6) is 0 Å². The smallest absolute Gasteiger partial charge is 0.0505 e. The van der Waals surface area contributed by atoms with Crippen molar-refractivity contribution in [2.24, 2.45) is 0 Å². The molecular formula is C62H58N2. The molecule has 0 amide bonds. The van der Waals surface area contributed by atoms with Crippen molar-refractivity contribution in [3.63, 3.8) is 0 Å². The highest BCUT2D eigenvalue weighted by Gasteiger charge is 2.40. The van der Waals surface area contributed by atoms with E-state index in [1.807, 2.05) is 0 Å². The van der Waals surface area contributed by atoms with E-state index in [-0.39, 0.29) is 5.41 Å². The minimum atomic E-state index is -0.266. The molecule has 1 fully saturated rings. The fourth-order valence-corrected chi connectivity index (χ4v) is 9.34. The van der Waals surface area contributed by atoms with Crippen LogP contribution in [-0.2, 0) is 5.41 Å². The minimum Gasteiger partial charge on any atom is -0.355 e. The minimum absolute atomic E-state index is 0.266. The molecule has 8 aromatic carbocycles. The van der Waals surface area contributed by atoms with Crippen LogP contribution in [0.2, 0.25) is 0 Å². The summed E-state index contributed by atoms with van der Waals surface area (Å²) in [6.07, 6.45) is 14.5. The molecule has 0 aliphatic heterocycles. The summed E-state index contributed by atoms with van der Waals surface area (Å²) < 4.78 is 0. The predicted octanol–water partition coefficient (Wildman–Crippen LogP) is 17.3. The Morgan fingerprint density at radius 2 is 0.656 bits per heavy atom. The molecule has 1 saturated carbocycles. The monoisotopic (exact) mass is 830 g/mol. The highest BCUT2D eigenvalue weighted by Crippen LogP contribution is 2.53. The van der Waals surface area contributed by atoms with Gasteiger partial charge in [-0.05, 0) is 109 Å². The molecule has 0 spiro atoms. The Kier molecular flexibility index (Phi) is 12.6. The molecule has 2 nitrogen and oxygen atoms in total. The van der Waals surface area contributed by atoms with E-state index in [1.54, 1.807) is 0 Å². The van der Waals surface area contributed by atoms with Gasteiger partial charge >= 0.3 is 0 Å². The molecule has 0 radical (unpaired) electrons. The molecule has 0 aromatic heterocycles. The number of rotatable bonds is 12. The molecule has 0 atom stereocenters.